The second-order valence-corrected chi connectivity index (χ2v) is 20.6. The highest BCUT2D eigenvalue weighted by molar-refractivity contribution is 6.13. The molecule has 8 N–H and O–H groups in total. The van der Waals surface area contributed by atoms with Crippen LogP contribution >= 0.6 is 0 Å². The van der Waals surface area contributed by atoms with E-state index in [4.69, 9.17) is 19.2 Å². The van der Waals surface area contributed by atoms with Gasteiger partial charge < -0.3 is 61.1 Å². The number of imide groups is 1. The van der Waals surface area contributed by atoms with E-state index in [1.807, 2.05) is 30.3 Å². The molecule has 1 aliphatic carbocycles. The van der Waals surface area contributed by atoms with E-state index >= 15 is 4.39 Å². The molecule has 3 aliphatic heterocycles. The number of amides is 9. The molecule has 25 nitrogen and oxygen atoms in total. The van der Waals surface area contributed by atoms with Gasteiger partial charge in [0.05, 0.1) is 81.1 Å². The van der Waals surface area contributed by atoms with E-state index in [0.717, 1.165) is 28.2 Å². The van der Waals surface area contributed by atoms with Crippen molar-refractivity contribution in [2.24, 2.45) is 0 Å². The molecule has 5 heterocycles. The molecule has 0 unspecified atom stereocenters. The van der Waals surface area contributed by atoms with Crippen LogP contribution in [0.25, 0.3) is 22.3 Å². The Kier molecular flexibility index (Phi) is 20.5. The van der Waals surface area contributed by atoms with Gasteiger partial charge in [0.25, 0.3) is 17.4 Å². The van der Waals surface area contributed by atoms with Gasteiger partial charge in [0.1, 0.15) is 18.5 Å². The van der Waals surface area contributed by atoms with Crippen LogP contribution in [0.1, 0.15) is 96.9 Å². The van der Waals surface area contributed by atoms with E-state index in [1.165, 1.54) is 10.6 Å². The number of pyridine rings is 2. The van der Waals surface area contributed by atoms with Crippen LogP contribution in [0.15, 0.2) is 59.4 Å². The van der Waals surface area contributed by atoms with Gasteiger partial charge in [0.2, 0.25) is 41.4 Å². The number of hydrogen-bond acceptors (Lipinski definition) is 16. The summed E-state index contributed by atoms with van der Waals surface area (Å²) in [5, 5.41) is 30.5. The molecule has 0 bridgehead atoms. The van der Waals surface area contributed by atoms with Crippen molar-refractivity contribution >= 4 is 70.0 Å². The lowest BCUT2D eigenvalue weighted by molar-refractivity contribution is -0.172. The number of fused-ring (bicyclic) bond motifs is 5. The highest BCUT2D eigenvalue weighted by atomic mass is 19.1. The highest BCUT2D eigenvalue weighted by Crippen LogP contribution is 2.46. The topological polar surface area (TPSA) is 341 Å². The molecule has 2 aromatic carbocycles. The Bertz CT molecular complexity index is 3330. The third-order valence-electron chi connectivity index (χ3n) is 15.0. The lowest BCUT2D eigenvalue weighted by atomic mass is 9.81. The number of cyclic esters (lactones) is 1. The van der Waals surface area contributed by atoms with Gasteiger partial charge in [0, 0.05) is 73.6 Å². The Balaban J connectivity index is 0.743. The first kappa shape index (κ1) is 61.3. The van der Waals surface area contributed by atoms with Crippen molar-refractivity contribution in [1.29, 1.82) is 0 Å². The molecule has 0 spiro atoms. The minimum absolute atomic E-state index is 0.000967. The van der Waals surface area contributed by atoms with E-state index in [1.54, 1.807) is 19.9 Å². The predicted molar refractivity (Wildman–Crippen MR) is 296 cm³/mol. The molecule has 8 rings (SSSR count). The zero-order valence-electron chi connectivity index (χ0n) is 46.6. The lowest BCUT2D eigenvalue weighted by Crippen LogP contribution is -2.51. The number of rotatable bonds is 29. The number of aromatic nitrogens is 2. The molecule has 9 amide bonds. The van der Waals surface area contributed by atoms with Crippen LogP contribution in [-0.4, -0.2) is 150 Å². The highest BCUT2D eigenvalue weighted by Gasteiger charge is 2.46. The molecule has 2 aromatic heterocycles. The Morgan fingerprint density at radius 2 is 1.46 bits per heavy atom. The lowest BCUT2D eigenvalue weighted by Gasteiger charge is -2.31. The molecule has 3 atom stereocenters. The van der Waals surface area contributed by atoms with Crippen molar-refractivity contribution in [3.8, 4) is 11.4 Å². The van der Waals surface area contributed by atoms with Gasteiger partial charge in [-0.05, 0) is 73.8 Å². The number of esters is 1. The van der Waals surface area contributed by atoms with Gasteiger partial charge >= 0.3 is 5.97 Å². The van der Waals surface area contributed by atoms with Gasteiger partial charge in [-0.3, -0.25) is 52.8 Å². The van der Waals surface area contributed by atoms with Crippen LogP contribution in [0.3, 0.4) is 0 Å². The van der Waals surface area contributed by atoms with Crippen molar-refractivity contribution in [2.45, 2.75) is 102 Å². The zero-order valence-corrected chi connectivity index (χ0v) is 46.6. The molecule has 4 aromatic rings. The van der Waals surface area contributed by atoms with Gasteiger partial charge in [-0.25, -0.2) is 14.2 Å². The van der Waals surface area contributed by atoms with Crippen molar-refractivity contribution in [1.82, 2.24) is 51.7 Å². The predicted octanol–water partition coefficient (Wildman–Crippen LogP) is -0.152. The summed E-state index contributed by atoms with van der Waals surface area (Å²) in [5.74, 6) is -6.00. The zero-order chi connectivity index (χ0) is 60.1. The Hall–Kier alpha value is -8.75. The fraction of sp³-hybridized carbons (Fsp3) is 0.448. The first-order valence-electron chi connectivity index (χ1n) is 27.8. The van der Waals surface area contributed by atoms with Crippen molar-refractivity contribution in [2.75, 3.05) is 65.7 Å². The standard InChI is InChI=1S/C58H67FN10O15/c1-3-58(81)38-26-43-54-36(31-69(43)56(79)37(38)32-84-57(58)80)53-40(14-12-35-33(2)39(59)27-42(67-54)52(35)53)65-46(72)10-7-19-60-47(73)29-64-55(78)41(13-11-34-8-5-4-6-9-34)66-49(75)30-63-48(74)28-62-45(71)18-22-82-24-25-83-23-20-61-44(70)17-21-68-50(76)15-16-51(68)77/h4-6,8-9,15-16,26-27,40-41,81H,3,7,10-14,17-25,28-32H2,1-2H3,(H,60,73)(H,61,70)(H,62,71)(H,63,74)(H,64,78)(H,65,72)(H,66,75)/t40-,41-,58-/m0/s1. The number of aliphatic hydroxyl groups is 1. The molecule has 26 heteroatoms. The number of ether oxygens (including phenoxy) is 3. The Morgan fingerprint density at radius 1 is 0.786 bits per heavy atom. The van der Waals surface area contributed by atoms with Crippen LogP contribution in [0.4, 0.5) is 4.39 Å². The minimum atomic E-state index is -2.05. The fourth-order valence-electron chi connectivity index (χ4n) is 10.5. The largest absolute Gasteiger partial charge is 0.458 e. The van der Waals surface area contributed by atoms with Gasteiger partial charge in [0.15, 0.2) is 5.60 Å². The maximum absolute atomic E-state index is 15.4. The average molecular weight is 1160 g/mol. The van der Waals surface area contributed by atoms with Crippen LogP contribution < -0.4 is 42.8 Å². The number of nitrogens with one attached hydrogen (secondary N) is 7. The second-order valence-electron chi connectivity index (χ2n) is 20.6. The summed E-state index contributed by atoms with van der Waals surface area (Å²) in [7, 11) is 0. The SMILES string of the molecule is CC[C@@]1(O)C(=O)OCc2c1cc1n(c2=O)Cc2c-1nc1cc(F)c(C)c3c1c2[C@@H](NC(=O)CCCNC(=O)CNC(=O)[C@H](CCc1ccccc1)NC(=O)CNC(=O)CNC(=O)CCOCCOCCNC(=O)CCN1C(=O)C=CC1=O)CC3. The summed E-state index contributed by atoms with van der Waals surface area (Å²) < 4.78 is 32.9. The van der Waals surface area contributed by atoms with Crippen molar-refractivity contribution in [3.05, 3.63) is 110 Å². The minimum Gasteiger partial charge on any atom is -0.458 e. The van der Waals surface area contributed by atoms with E-state index < -0.39 is 96.0 Å². The van der Waals surface area contributed by atoms with E-state index in [0.29, 0.717) is 58.2 Å². The van der Waals surface area contributed by atoms with Crippen LogP contribution in [-0.2, 0) is 93.8 Å². The molecule has 0 saturated heterocycles. The molecule has 446 valence electrons. The summed E-state index contributed by atoms with van der Waals surface area (Å²) in [6, 6.07) is 10.4. The molecule has 0 saturated carbocycles. The first-order valence-corrected chi connectivity index (χ1v) is 27.8. The van der Waals surface area contributed by atoms with Gasteiger partial charge in [-0.2, -0.15) is 0 Å². The summed E-state index contributed by atoms with van der Waals surface area (Å²) >= 11 is 0. The molecular formula is C58H67FN10O15. The van der Waals surface area contributed by atoms with E-state index in [-0.39, 0.29) is 121 Å². The molecule has 84 heavy (non-hydrogen) atoms. The summed E-state index contributed by atoms with van der Waals surface area (Å²) in [4.78, 5) is 146. The van der Waals surface area contributed by atoms with Crippen LogP contribution in [0.2, 0.25) is 0 Å². The van der Waals surface area contributed by atoms with E-state index in [9.17, 15) is 57.8 Å². The average Bonchev–Trinajstić information content (AvgIpc) is 1.98. The number of aryl methyl sites for hydroxylation is 2. The summed E-state index contributed by atoms with van der Waals surface area (Å²) in [6.07, 6.45) is 3.73. The summed E-state index contributed by atoms with van der Waals surface area (Å²) in [6.45, 7) is 2.43. The number of halogens is 1. The quantitative estimate of drug-likeness (QED) is 0.0175. The van der Waals surface area contributed by atoms with Crippen molar-refractivity contribution in [3.63, 3.8) is 0 Å². The van der Waals surface area contributed by atoms with Gasteiger partial charge in [-0.15, -0.1) is 0 Å². The summed E-state index contributed by atoms with van der Waals surface area (Å²) in [5.41, 5.74) is 2.29. The van der Waals surface area contributed by atoms with Crippen molar-refractivity contribution < 1.29 is 71.7 Å². The molecular weight excluding hydrogens is 1100 g/mol. The Morgan fingerprint density at radius 3 is 2.21 bits per heavy atom. The number of hydrogen-bond donors (Lipinski definition) is 8. The normalized spacial score (nSPS) is 16.7. The number of nitrogens with zero attached hydrogens (tertiary/aromatic N) is 3. The number of carbonyl (C=O) groups is 10. The number of carbonyl (C=O) groups excluding carboxylic acids is 10. The molecule has 0 fully saturated rings. The Labute approximate surface area is 481 Å². The maximum Gasteiger partial charge on any atom is 0.343 e. The van der Waals surface area contributed by atoms with E-state index in [2.05, 4.69) is 37.2 Å². The maximum atomic E-state index is 15.4. The van der Waals surface area contributed by atoms with Gasteiger partial charge in [-0.1, -0.05) is 37.3 Å². The van der Waals surface area contributed by atoms with Crippen LogP contribution in [0.5, 0.6) is 0 Å². The fourth-order valence-corrected chi connectivity index (χ4v) is 10.5. The molecule has 0 radical (unpaired) electrons. The number of benzene rings is 2. The van der Waals surface area contributed by atoms with Crippen LogP contribution in [0, 0.1) is 12.7 Å². The first-order chi connectivity index (χ1) is 40.4. The third-order valence-corrected chi connectivity index (χ3v) is 15.0. The molecule has 4 aliphatic rings. The second kappa shape index (κ2) is 28.0. The third kappa shape index (κ3) is 14.7. The monoisotopic (exact) mass is 1160 g/mol. The smallest absolute Gasteiger partial charge is 0.343 e.